The van der Waals surface area contributed by atoms with Crippen LogP contribution in [0.15, 0.2) is 46.3 Å². The van der Waals surface area contributed by atoms with Gasteiger partial charge in [0.2, 0.25) is 5.91 Å². The Morgan fingerprint density at radius 2 is 2.06 bits per heavy atom. The smallest absolute Gasteiger partial charge is 0.263 e. The molecule has 4 rings (SSSR count). The SMILES string of the molecule is COCCn1c(SCC(=O)NC2CCCCC2C)nc2sc(-c3ccccc3)cc2c1=O. The number of rotatable bonds is 8. The fourth-order valence-corrected chi connectivity index (χ4v) is 6.06. The lowest BCUT2D eigenvalue weighted by Gasteiger charge is -2.29. The van der Waals surface area contributed by atoms with E-state index in [9.17, 15) is 9.59 Å². The largest absolute Gasteiger partial charge is 0.383 e. The lowest BCUT2D eigenvalue weighted by atomic mass is 9.86. The highest BCUT2D eigenvalue weighted by molar-refractivity contribution is 7.99. The van der Waals surface area contributed by atoms with Crippen molar-refractivity contribution in [3.63, 3.8) is 0 Å². The van der Waals surface area contributed by atoms with Crippen LogP contribution in [0, 0.1) is 5.92 Å². The standard InChI is InChI=1S/C24H29N3O3S2/c1-16-8-6-7-11-19(16)25-21(28)15-31-24-26-22-18(23(29)27(24)12-13-30-2)14-20(32-22)17-9-4-3-5-10-17/h3-5,9-10,14,16,19H,6-8,11-13,15H2,1-2H3,(H,25,28). The van der Waals surface area contributed by atoms with Crippen LogP contribution in [0.25, 0.3) is 20.7 Å². The molecule has 170 valence electrons. The molecule has 8 heteroatoms. The molecule has 2 heterocycles. The third-order valence-corrected chi connectivity index (χ3v) is 8.04. The van der Waals surface area contributed by atoms with Gasteiger partial charge in [0.25, 0.3) is 5.56 Å². The number of thiophene rings is 1. The Bertz CT molecular complexity index is 1130. The zero-order valence-electron chi connectivity index (χ0n) is 18.5. The van der Waals surface area contributed by atoms with Crippen LogP contribution in [0.3, 0.4) is 0 Å². The quantitative estimate of drug-likeness (QED) is 0.385. The van der Waals surface area contributed by atoms with Gasteiger partial charge in [-0.05, 0) is 30.4 Å². The second-order valence-corrected chi connectivity index (χ2v) is 10.2. The van der Waals surface area contributed by atoms with E-state index in [1.54, 1.807) is 11.7 Å². The Labute approximate surface area is 196 Å². The van der Waals surface area contributed by atoms with Gasteiger partial charge in [-0.25, -0.2) is 4.98 Å². The number of fused-ring (bicyclic) bond motifs is 1. The van der Waals surface area contributed by atoms with Crippen molar-refractivity contribution in [2.75, 3.05) is 19.5 Å². The molecule has 2 aromatic heterocycles. The van der Waals surface area contributed by atoms with Crippen molar-refractivity contribution in [3.8, 4) is 10.4 Å². The van der Waals surface area contributed by atoms with Gasteiger partial charge in [-0.2, -0.15) is 0 Å². The Hall–Kier alpha value is -2.16. The molecule has 1 aromatic carbocycles. The summed E-state index contributed by atoms with van der Waals surface area (Å²) in [6.45, 7) is 3.01. The van der Waals surface area contributed by atoms with Crippen LogP contribution in [0.5, 0.6) is 0 Å². The van der Waals surface area contributed by atoms with Gasteiger partial charge in [-0.1, -0.05) is 61.9 Å². The highest BCUT2D eigenvalue weighted by Gasteiger charge is 2.23. The molecule has 0 radical (unpaired) electrons. The molecular weight excluding hydrogens is 442 g/mol. The highest BCUT2D eigenvalue weighted by Crippen LogP contribution is 2.32. The first-order valence-corrected chi connectivity index (χ1v) is 12.9. The first-order valence-electron chi connectivity index (χ1n) is 11.1. The molecular formula is C24H29N3O3S2. The lowest BCUT2D eigenvalue weighted by molar-refractivity contribution is -0.119. The number of carbonyl (C=O) groups is 1. The molecule has 1 amide bonds. The molecule has 32 heavy (non-hydrogen) atoms. The molecule has 1 aliphatic carbocycles. The number of amides is 1. The summed E-state index contributed by atoms with van der Waals surface area (Å²) in [5, 5.41) is 4.35. The number of hydrogen-bond donors (Lipinski definition) is 1. The van der Waals surface area contributed by atoms with E-state index in [0.717, 1.165) is 23.3 Å². The predicted octanol–water partition coefficient (Wildman–Crippen LogP) is 4.56. The second-order valence-electron chi connectivity index (χ2n) is 8.26. The number of ether oxygens (including phenoxy) is 1. The maximum atomic E-state index is 13.3. The summed E-state index contributed by atoms with van der Waals surface area (Å²) in [5.74, 6) is 0.748. The molecule has 0 saturated heterocycles. The molecule has 3 aromatic rings. The molecule has 0 aliphatic heterocycles. The van der Waals surface area contributed by atoms with Gasteiger partial charge < -0.3 is 10.1 Å². The average Bonchev–Trinajstić information content (AvgIpc) is 3.24. The summed E-state index contributed by atoms with van der Waals surface area (Å²) in [4.78, 5) is 32.4. The second kappa shape index (κ2) is 10.6. The van der Waals surface area contributed by atoms with Crippen LogP contribution in [0.2, 0.25) is 0 Å². The topological polar surface area (TPSA) is 73.2 Å². The van der Waals surface area contributed by atoms with Gasteiger partial charge in [-0.15, -0.1) is 11.3 Å². The molecule has 2 atom stereocenters. The maximum Gasteiger partial charge on any atom is 0.263 e. The summed E-state index contributed by atoms with van der Waals surface area (Å²) in [6.07, 6.45) is 4.61. The zero-order chi connectivity index (χ0) is 22.5. The van der Waals surface area contributed by atoms with Gasteiger partial charge >= 0.3 is 0 Å². The van der Waals surface area contributed by atoms with E-state index in [4.69, 9.17) is 9.72 Å². The predicted molar refractivity (Wildman–Crippen MR) is 131 cm³/mol. The molecule has 6 nitrogen and oxygen atoms in total. The van der Waals surface area contributed by atoms with Gasteiger partial charge in [0.15, 0.2) is 5.16 Å². The van der Waals surface area contributed by atoms with Crippen LogP contribution in [-0.4, -0.2) is 41.0 Å². The number of aromatic nitrogens is 2. The van der Waals surface area contributed by atoms with Crippen LogP contribution in [-0.2, 0) is 16.1 Å². The van der Waals surface area contributed by atoms with Gasteiger partial charge in [0.05, 0.1) is 24.3 Å². The van der Waals surface area contributed by atoms with E-state index in [-0.39, 0.29) is 23.3 Å². The summed E-state index contributed by atoms with van der Waals surface area (Å²) in [6, 6.07) is 12.2. The Kier molecular flexibility index (Phi) is 7.65. The van der Waals surface area contributed by atoms with Crippen LogP contribution < -0.4 is 10.9 Å². The molecule has 2 unspecified atom stereocenters. The maximum absolute atomic E-state index is 13.3. The minimum absolute atomic E-state index is 0.00228. The van der Waals surface area contributed by atoms with Gasteiger partial charge in [0, 0.05) is 18.0 Å². The normalized spacial score (nSPS) is 18.7. The number of methoxy groups -OCH3 is 1. The summed E-state index contributed by atoms with van der Waals surface area (Å²) < 4.78 is 6.84. The number of nitrogens with one attached hydrogen (secondary N) is 1. The van der Waals surface area contributed by atoms with Gasteiger partial charge in [-0.3, -0.25) is 14.2 Å². The minimum atomic E-state index is -0.0886. The van der Waals surface area contributed by atoms with Crippen molar-refractivity contribution in [2.24, 2.45) is 5.92 Å². The van der Waals surface area contributed by atoms with Crippen LogP contribution in [0.4, 0.5) is 0 Å². The Morgan fingerprint density at radius 1 is 1.28 bits per heavy atom. The van der Waals surface area contributed by atoms with Crippen molar-refractivity contribution < 1.29 is 9.53 Å². The van der Waals surface area contributed by atoms with Crippen molar-refractivity contribution in [3.05, 3.63) is 46.8 Å². The third-order valence-electron chi connectivity index (χ3n) is 5.98. The molecule has 0 bridgehead atoms. The summed E-state index contributed by atoms with van der Waals surface area (Å²) in [5.41, 5.74) is 0.975. The Morgan fingerprint density at radius 3 is 2.81 bits per heavy atom. The van der Waals surface area contributed by atoms with Crippen molar-refractivity contribution >= 4 is 39.2 Å². The third kappa shape index (κ3) is 5.24. The zero-order valence-corrected chi connectivity index (χ0v) is 20.1. The highest BCUT2D eigenvalue weighted by atomic mass is 32.2. The molecule has 0 spiro atoms. The molecule has 1 saturated carbocycles. The summed E-state index contributed by atoms with van der Waals surface area (Å²) in [7, 11) is 1.61. The Balaban J connectivity index is 1.57. The van der Waals surface area contributed by atoms with Gasteiger partial charge in [0.1, 0.15) is 4.83 Å². The number of carbonyl (C=O) groups excluding carboxylic acids is 1. The van der Waals surface area contributed by atoms with Crippen LogP contribution in [0.1, 0.15) is 32.6 Å². The van der Waals surface area contributed by atoms with E-state index in [1.165, 1.54) is 35.9 Å². The van der Waals surface area contributed by atoms with E-state index < -0.39 is 0 Å². The van der Waals surface area contributed by atoms with Crippen LogP contribution >= 0.6 is 23.1 Å². The first kappa shape index (κ1) is 23.0. The van der Waals surface area contributed by atoms with E-state index >= 15 is 0 Å². The number of thioether (sulfide) groups is 1. The van der Waals surface area contributed by atoms with E-state index in [1.807, 2.05) is 36.4 Å². The first-order chi connectivity index (χ1) is 15.6. The van der Waals surface area contributed by atoms with Crippen molar-refractivity contribution in [1.29, 1.82) is 0 Å². The molecule has 1 fully saturated rings. The molecule has 1 N–H and O–H groups in total. The minimum Gasteiger partial charge on any atom is -0.383 e. The number of nitrogens with zero attached hydrogens (tertiary/aromatic N) is 2. The van der Waals surface area contributed by atoms with Crippen molar-refractivity contribution in [1.82, 2.24) is 14.9 Å². The average molecular weight is 472 g/mol. The fourth-order valence-electron chi connectivity index (χ4n) is 4.14. The number of benzene rings is 1. The summed E-state index contributed by atoms with van der Waals surface area (Å²) >= 11 is 2.83. The van der Waals surface area contributed by atoms with E-state index in [0.29, 0.717) is 34.4 Å². The van der Waals surface area contributed by atoms with Crippen molar-refractivity contribution in [2.45, 2.75) is 50.4 Å². The van der Waals surface area contributed by atoms with E-state index in [2.05, 4.69) is 12.2 Å². The fraction of sp³-hybridized carbons (Fsp3) is 0.458. The lowest BCUT2D eigenvalue weighted by Crippen LogP contribution is -2.42. The number of hydrogen-bond acceptors (Lipinski definition) is 6. The molecule has 1 aliphatic rings. The monoisotopic (exact) mass is 471 g/mol.